The highest BCUT2D eigenvalue weighted by atomic mass is 19.4. The number of hydrogen-bond donors (Lipinski definition) is 1. The van der Waals surface area contributed by atoms with Crippen LogP contribution in [0.2, 0.25) is 0 Å². The highest BCUT2D eigenvalue weighted by Gasteiger charge is 2.48. The molecule has 0 radical (unpaired) electrons. The molecule has 1 amide bonds. The van der Waals surface area contributed by atoms with E-state index in [2.05, 4.69) is 5.43 Å². The summed E-state index contributed by atoms with van der Waals surface area (Å²) in [5.74, 6) is -0.200. The summed E-state index contributed by atoms with van der Waals surface area (Å²) in [5.41, 5.74) is 2.34. The van der Waals surface area contributed by atoms with Gasteiger partial charge in [0, 0.05) is 18.5 Å². The fraction of sp³-hybridized carbons (Fsp3) is 0.421. The van der Waals surface area contributed by atoms with Crippen molar-refractivity contribution in [1.82, 2.24) is 10.4 Å². The summed E-state index contributed by atoms with van der Waals surface area (Å²) < 4.78 is 47.4. The number of nitrogens with zero attached hydrogens (tertiary/aromatic N) is 1. The number of unbranched alkanes of at least 4 members (excludes halogenated alkanes) is 1. The number of hydrogen-bond acceptors (Lipinski definition) is 3. The van der Waals surface area contributed by atoms with Crippen LogP contribution in [0, 0.1) is 0 Å². The number of carbonyl (C=O) groups excluding carboxylic acids is 1. The number of benzene rings is 2. The Hall–Kier alpha value is -2.28. The first-order chi connectivity index (χ1) is 12.4. The van der Waals surface area contributed by atoms with Gasteiger partial charge in [0.05, 0.1) is 6.61 Å². The maximum atomic E-state index is 13.9. The summed E-state index contributed by atoms with van der Waals surface area (Å²) in [5, 5.41) is 2.47. The molecule has 0 aliphatic carbocycles. The molecule has 1 fully saturated rings. The normalized spacial score (nSPS) is 16.7. The Morgan fingerprint density at radius 2 is 1.92 bits per heavy atom. The molecule has 3 rings (SSSR count). The molecule has 1 N–H and O–H groups in total. The van der Waals surface area contributed by atoms with E-state index in [9.17, 15) is 18.0 Å². The van der Waals surface area contributed by atoms with E-state index in [4.69, 9.17) is 4.74 Å². The Morgan fingerprint density at radius 3 is 2.50 bits per heavy atom. The largest absolute Gasteiger partial charge is 0.493 e. The van der Waals surface area contributed by atoms with Crippen LogP contribution in [0.5, 0.6) is 5.75 Å². The number of alkyl halides is 3. The van der Waals surface area contributed by atoms with Crippen molar-refractivity contribution in [3.05, 3.63) is 42.0 Å². The lowest BCUT2D eigenvalue weighted by atomic mass is 9.99. The van der Waals surface area contributed by atoms with Crippen LogP contribution >= 0.6 is 0 Å². The first kappa shape index (κ1) is 18.5. The zero-order valence-corrected chi connectivity index (χ0v) is 14.5. The first-order valence-electron chi connectivity index (χ1n) is 8.68. The molecular formula is C19H21F3N2O2. The Labute approximate surface area is 149 Å². The molecule has 0 spiro atoms. The Balaban J connectivity index is 2.08. The molecule has 140 valence electrons. The lowest BCUT2D eigenvalue weighted by Gasteiger charge is -2.30. The number of ether oxygens (including phenoxy) is 1. The molecule has 0 saturated carbocycles. The Kier molecular flexibility index (Phi) is 5.36. The van der Waals surface area contributed by atoms with Gasteiger partial charge in [0.25, 0.3) is 0 Å². The topological polar surface area (TPSA) is 41.6 Å². The van der Waals surface area contributed by atoms with Crippen molar-refractivity contribution < 1.29 is 22.7 Å². The summed E-state index contributed by atoms with van der Waals surface area (Å²) in [4.78, 5) is 11.5. The van der Waals surface area contributed by atoms with Gasteiger partial charge in [-0.1, -0.05) is 37.6 Å². The quantitative estimate of drug-likeness (QED) is 0.773. The van der Waals surface area contributed by atoms with Gasteiger partial charge >= 0.3 is 6.18 Å². The Bertz CT molecular complexity index is 792. The van der Waals surface area contributed by atoms with Crippen LogP contribution in [0.4, 0.5) is 13.2 Å². The van der Waals surface area contributed by atoms with Gasteiger partial charge in [0.1, 0.15) is 5.75 Å². The summed E-state index contributed by atoms with van der Waals surface area (Å²) >= 11 is 0. The SMILES string of the molecule is CCCCOc1cc2ccccc2cc1[C@H](N1CCC(=O)N1)C(F)(F)F. The van der Waals surface area contributed by atoms with Crippen molar-refractivity contribution >= 4 is 16.7 Å². The summed E-state index contributed by atoms with van der Waals surface area (Å²) in [6.45, 7) is 2.34. The number of hydrazine groups is 1. The number of carbonyl (C=O) groups is 1. The lowest BCUT2D eigenvalue weighted by Crippen LogP contribution is -2.43. The number of halogens is 3. The maximum absolute atomic E-state index is 13.9. The molecule has 2 aromatic rings. The van der Waals surface area contributed by atoms with E-state index < -0.39 is 18.1 Å². The molecule has 2 aromatic carbocycles. The second-order valence-electron chi connectivity index (χ2n) is 6.36. The van der Waals surface area contributed by atoms with E-state index in [-0.39, 0.29) is 24.3 Å². The molecule has 1 aliphatic heterocycles. The van der Waals surface area contributed by atoms with E-state index in [1.54, 1.807) is 18.2 Å². The van der Waals surface area contributed by atoms with Crippen LogP contribution in [-0.4, -0.2) is 30.2 Å². The predicted molar refractivity (Wildman–Crippen MR) is 92.6 cm³/mol. The van der Waals surface area contributed by atoms with Gasteiger partial charge in [-0.05, 0) is 29.3 Å². The summed E-state index contributed by atoms with van der Waals surface area (Å²) in [7, 11) is 0. The van der Waals surface area contributed by atoms with Gasteiger partial charge in [-0.3, -0.25) is 10.2 Å². The van der Waals surface area contributed by atoms with Gasteiger partial charge in [-0.15, -0.1) is 0 Å². The lowest BCUT2D eigenvalue weighted by molar-refractivity contribution is -0.191. The van der Waals surface area contributed by atoms with Crippen molar-refractivity contribution in [2.24, 2.45) is 0 Å². The third-order valence-corrected chi connectivity index (χ3v) is 4.40. The van der Waals surface area contributed by atoms with Gasteiger partial charge in [-0.25, -0.2) is 5.01 Å². The van der Waals surface area contributed by atoms with Crippen molar-refractivity contribution in [2.75, 3.05) is 13.2 Å². The highest BCUT2D eigenvalue weighted by Crippen LogP contribution is 2.43. The first-order valence-corrected chi connectivity index (χ1v) is 8.68. The molecule has 26 heavy (non-hydrogen) atoms. The Morgan fingerprint density at radius 1 is 1.23 bits per heavy atom. The summed E-state index contributed by atoms with van der Waals surface area (Å²) in [6, 6.07) is 8.44. The second kappa shape index (κ2) is 7.53. The van der Waals surface area contributed by atoms with Gasteiger partial charge in [0.15, 0.2) is 6.04 Å². The number of nitrogens with one attached hydrogen (secondary N) is 1. The molecular weight excluding hydrogens is 345 g/mol. The molecule has 4 nitrogen and oxygen atoms in total. The van der Waals surface area contributed by atoms with E-state index >= 15 is 0 Å². The molecule has 1 saturated heterocycles. The molecule has 7 heteroatoms. The van der Waals surface area contributed by atoms with E-state index in [1.165, 1.54) is 6.07 Å². The molecule has 0 unspecified atom stereocenters. The zero-order chi connectivity index (χ0) is 18.7. The third kappa shape index (κ3) is 3.93. The minimum atomic E-state index is -4.55. The fourth-order valence-corrected chi connectivity index (χ4v) is 3.11. The minimum Gasteiger partial charge on any atom is -0.493 e. The average molecular weight is 366 g/mol. The second-order valence-corrected chi connectivity index (χ2v) is 6.36. The van der Waals surface area contributed by atoms with Gasteiger partial charge < -0.3 is 4.74 Å². The zero-order valence-electron chi connectivity index (χ0n) is 14.5. The van der Waals surface area contributed by atoms with Crippen LogP contribution in [0.1, 0.15) is 37.8 Å². The van der Waals surface area contributed by atoms with E-state index in [1.807, 2.05) is 19.1 Å². The number of fused-ring (bicyclic) bond motifs is 1. The number of rotatable bonds is 6. The van der Waals surface area contributed by atoms with Gasteiger partial charge in [-0.2, -0.15) is 13.2 Å². The van der Waals surface area contributed by atoms with Crippen LogP contribution in [0.25, 0.3) is 10.8 Å². The third-order valence-electron chi connectivity index (χ3n) is 4.40. The van der Waals surface area contributed by atoms with Crippen molar-refractivity contribution in [3.63, 3.8) is 0 Å². The van der Waals surface area contributed by atoms with Crippen molar-refractivity contribution in [1.29, 1.82) is 0 Å². The van der Waals surface area contributed by atoms with Gasteiger partial charge in [0.2, 0.25) is 5.91 Å². The molecule has 1 atom stereocenters. The monoisotopic (exact) mass is 366 g/mol. The molecule has 0 aromatic heterocycles. The predicted octanol–water partition coefficient (Wildman–Crippen LogP) is 4.36. The standard InChI is InChI=1S/C19H21F3N2O2/c1-2-3-10-26-16-12-14-7-5-4-6-13(14)11-15(16)18(19(20,21)22)24-9-8-17(25)23-24/h4-7,11-12,18H,2-3,8-10H2,1H3,(H,23,25)/t18-/m0/s1. The minimum absolute atomic E-state index is 0.00420. The van der Waals surface area contributed by atoms with E-state index in [0.29, 0.717) is 12.0 Å². The van der Waals surface area contributed by atoms with Crippen LogP contribution in [-0.2, 0) is 4.79 Å². The highest BCUT2D eigenvalue weighted by molar-refractivity contribution is 5.85. The maximum Gasteiger partial charge on any atom is 0.410 e. The fourth-order valence-electron chi connectivity index (χ4n) is 3.11. The smallest absolute Gasteiger partial charge is 0.410 e. The molecule has 1 aliphatic rings. The molecule has 0 bridgehead atoms. The van der Waals surface area contributed by atoms with Crippen molar-refractivity contribution in [3.8, 4) is 5.75 Å². The number of amides is 1. The van der Waals surface area contributed by atoms with Crippen molar-refractivity contribution in [2.45, 2.75) is 38.4 Å². The van der Waals surface area contributed by atoms with Crippen LogP contribution in [0.3, 0.4) is 0 Å². The van der Waals surface area contributed by atoms with E-state index in [0.717, 1.165) is 23.2 Å². The molecule has 1 heterocycles. The van der Waals surface area contributed by atoms with Crippen LogP contribution in [0.15, 0.2) is 36.4 Å². The van der Waals surface area contributed by atoms with Crippen LogP contribution < -0.4 is 10.2 Å². The summed E-state index contributed by atoms with van der Waals surface area (Å²) in [6.07, 6.45) is -2.87. The average Bonchev–Trinajstić information content (AvgIpc) is 3.00.